The lowest BCUT2D eigenvalue weighted by Crippen LogP contribution is -2.62. The summed E-state index contributed by atoms with van der Waals surface area (Å²) in [5, 5.41) is 61.6. The van der Waals surface area contributed by atoms with Crippen LogP contribution < -0.4 is 4.74 Å². The number of aliphatic carboxylic acids is 1. The highest BCUT2D eigenvalue weighted by molar-refractivity contribution is 6.22. The van der Waals surface area contributed by atoms with E-state index in [4.69, 9.17) is 27.9 Å². The van der Waals surface area contributed by atoms with Crippen LogP contribution in [-0.2, 0) is 4.79 Å². The topological polar surface area (TPSA) is 148 Å². The molecule has 0 saturated heterocycles. The maximum atomic E-state index is 11.8. The Kier molecular flexibility index (Phi) is 6.62. The van der Waals surface area contributed by atoms with Crippen molar-refractivity contribution < 1.29 is 40.2 Å². The molecule has 0 amide bonds. The van der Waals surface area contributed by atoms with Crippen molar-refractivity contribution in [2.75, 3.05) is 0 Å². The molecule has 2 aliphatic rings. The fourth-order valence-electron chi connectivity index (χ4n) is 5.00. The van der Waals surface area contributed by atoms with E-state index in [-0.39, 0.29) is 16.9 Å². The maximum Gasteiger partial charge on any atom is 0.310 e. The molecular formula is C21H28Cl2O8. The van der Waals surface area contributed by atoms with Crippen LogP contribution in [0, 0.1) is 11.8 Å². The number of carbonyl (C=O) groups is 1. The van der Waals surface area contributed by atoms with Gasteiger partial charge in [0.05, 0.1) is 29.1 Å². The Morgan fingerprint density at radius 2 is 1.87 bits per heavy atom. The first-order valence-corrected chi connectivity index (χ1v) is 11.0. The molecule has 31 heavy (non-hydrogen) atoms. The minimum atomic E-state index is -1.57. The van der Waals surface area contributed by atoms with Crippen molar-refractivity contribution in [2.45, 2.75) is 74.2 Å². The van der Waals surface area contributed by atoms with E-state index in [0.717, 1.165) is 6.07 Å². The molecule has 174 valence electrons. The van der Waals surface area contributed by atoms with Crippen molar-refractivity contribution in [2.24, 2.45) is 11.8 Å². The number of carboxylic acids is 1. The van der Waals surface area contributed by atoms with Gasteiger partial charge in [-0.25, -0.2) is 0 Å². The number of aliphatic hydroxyl groups excluding tert-OH is 3. The summed E-state index contributed by atoms with van der Waals surface area (Å²) in [5.74, 6) is -5.95. The first kappa shape index (κ1) is 24.2. The van der Waals surface area contributed by atoms with Gasteiger partial charge < -0.3 is 35.4 Å². The van der Waals surface area contributed by atoms with Gasteiger partial charge in [-0.3, -0.25) is 4.79 Å². The van der Waals surface area contributed by atoms with Crippen molar-refractivity contribution in [1.29, 1.82) is 0 Å². The number of hydrogen-bond donors (Lipinski definition) is 6. The lowest BCUT2D eigenvalue weighted by Gasteiger charge is -2.53. The Morgan fingerprint density at radius 1 is 1.26 bits per heavy atom. The Balaban J connectivity index is 2.20. The SMILES string of the molecule is CCCC(Cl)C(O)c1cc(O)c2c(c1O)OC(C)(C)C1C(O)C(Cl)C(C(=O)O)C(O)C21. The zero-order valence-electron chi connectivity index (χ0n) is 17.4. The van der Waals surface area contributed by atoms with Crippen LogP contribution in [0.5, 0.6) is 17.2 Å². The number of phenolic OH excluding ortho intramolecular Hbond substituents is 2. The van der Waals surface area contributed by atoms with E-state index in [0.29, 0.717) is 12.8 Å². The second-order valence-electron chi connectivity index (χ2n) is 8.87. The van der Waals surface area contributed by atoms with E-state index in [1.165, 1.54) is 0 Å². The van der Waals surface area contributed by atoms with Gasteiger partial charge in [0.2, 0.25) is 0 Å². The molecule has 10 heteroatoms. The van der Waals surface area contributed by atoms with Crippen LogP contribution >= 0.6 is 23.2 Å². The van der Waals surface area contributed by atoms with Crippen molar-refractivity contribution in [1.82, 2.24) is 0 Å². The average Bonchev–Trinajstić information content (AvgIpc) is 2.67. The zero-order valence-corrected chi connectivity index (χ0v) is 18.9. The molecule has 1 aromatic carbocycles. The van der Waals surface area contributed by atoms with Crippen LogP contribution in [0.2, 0.25) is 0 Å². The minimum Gasteiger partial charge on any atom is -0.508 e. The quantitative estimate of drug-likeness (QED) is 0.279. The number of alkyl halides is 2. The van der Waals surface area contributed by atoms with Crippen LogP contribution in [0.4, 0.5) is 0 Å². The number of ether oxygens (including phenoxy) is 1. The van der Waals surface area contributed by atoms with Crippen LogP contribution in [0.25, 0.3) is 0 Å². The molecule has 3 rings (SSSR count). The first-order valence-electron chi connectivity index (χ1n) is 10.2. The lowest BCUT2D eigenvalue weighted by atomic mass is 9.60. The van der Waals surface area contributed by atoms with Crippen molar-refractivity contribution >= 4 is 29.2 Å². The van der Waals surface area contributed by atoms with Gasteiger partial charge in [0, 0.05) is 23.0 Å². The standard InChI is InChI=1S/C21H28Cl2O8/c1-4-5-8(22)15(25)7-6-9(24)10-11-13(21(2,3)31-19(10)16(7)26)18(28)14(23)12(17(11)27)20(29)30/h6,8,11-15,17-18,24-28H,4-5H2,1-3H3,(H,29,30). The molecule has 8 unspecified atom stereocenters. The molecule has 8 atom stereocenters. The number of fused-ring (bicyclic) bond motifs is 3. The molecule has 0 radical (unpaired) electrons. The molecule has 1 fully saturated rings. The van der Waals surface area contributed by atoms with Gasteiger partial charge in [-0.2, -0.15) is 0 Å². The molecule has 1 aliphatic heterocycles. The molecule has 6 N–H and O–H groups in total. The first-order chi connectivity index (χ1) is 14.3. The number of halogens is 2. The number of benzene rings is 1. The highest BCUT2D eigenvalue weighted by Crippen LogP contribution is 2.59. The van der Waals surface area contributed by atoms with Crippen molar-refractivity contribution in [3.8, 4) is 17.2 Å². The van der Waals surface area contributed by atoms with E-state index in [1.807, 2.05) is 6.92 Å². The Hall–Kier alpha value is -1.45. The molecule has 8 nitrogen and oxygen atoms in total. The lowest BCUT2D eigenvalue weighted by molar-refractivity contribution is -0.163. The summed E-state index contributed by atoms with van der Waals surface area (Å²) in [6, 6.07) is 1.13. The average molecular weight is 479 g/mol. The van der Waals surface area contributed by atoms with Crippen molar-refractivity contribution in [3.63, 3.8) is 0 Å². The summed E-state index contributed by atoms with van der Waals surface area (Å²) in [5.41, 5.74) is -1.29. The Morgan fingerprint density at radius 3 is 2.42 bits per heavy atom. The maximum absolute atomic E-state index is 11.8. The van der Waals surface area contributed by atoms with Crippen LogP contribution in [0.15, 0.2) is 6.07 Å². The van der Waals surface area contributed by atoms with Gasteiger partial charge >= 0.3 is 5.97 Å². The fraction of sp³-hybridized carbons (Fsp3) is 0.667. The summed E-state index contributed by atoms with van der Waals surface area (Å²) in [6.07, 6.45) is -3.10. The number of carboxylic acid groups (broad SMARTS) is 1. The minimum absolute atomic E-state index is 0.0410. The molecule has 0 spiro atoms. The van der Waals surface area contributed by atoms with E-state index >= 15 is 0 Å². The highest BCUT2D eigenvalue weighted by Gasteiger charge is 2.61. The molecule has 1 heterocycles. The molecule has 1 saturated carbocycles. The summed E-state index contributed by atoms with van der Waals surface area (Å²) in [7, 11) is 0. The van der Waals surface area contributed by atoms with Gasteiger partial charge in [0.15, 0.2) is 11.5 Å². The monoisotopic (exact) mass is 478 g/mol. The zero-order chi connectivity index (χ0) is 23.4. The van der Waals surface area contributed by atoms with E-state index < -0.39 is 69.9 Å². The second kappa shape index (κ2) is 8.48. The Labute approximate surface area is 190 Å². The summed E-state index contributed by atoms with van der Waals surface area (Å²) >= 11 is 12.4. The van der Waals surface area contributed by atoms with Gasteiger partial charge in [-0.1, -0.05) is 13.3 Å². The third-order valence-electron chi connectivity index (χ3n) is 6.47. The fourth-order valence-corrected chi connectivity index (χ4v) is 5.77. The third kappa shape index (κ3) is 3.82. The normalized spacial score (nSPS) is 33.5. The van der Waals surface area contributed by atoms with Gasteiger partial charge in [0.25, 0.3) is 0 Å². The van der Waals surface area contributed by atoms with E-state index in [2.05, 4.69) is 0 Å². The molecule has 0 aromatic heterocycles. The number of rotatable bonds is 5. The van der Waals surface area contributed by atoms with Crippen molar-refractivity contribution in [3.05, 3.63) is 17.2 Å². The largest absolute Gasteiger partial charge is 0.508 e. The predicted octanol–water partition coefficient (Wildman–Crippen LogP) is 2.45. The molecule has 1 aromatic rings. The van der Waals surface area contributed by atoms with Crippen LogP contribution in [0.1, 0.15) is 56.8 Å². The molecule has 0 bridgehead atoms. The number of aliphatic hydroxyl groups is 3. The van der Waals surface area contributed by atoms with Gasteiger partial charge in [0.1, 0.15) is 17.3 Å². The Bertz CT molecular complexity index is 860. The number of phenols is 2. The predicted molar refractivity (Wildman–Crippen MR) is 113 cm³/mol. The smallest absolute Gasteiger partial charge is 0.310 e. The second-order valence-corrected chi connectivity index (χ2v) is 9.94. The molecular weight excluding hydrogens is 451 g/mol. The van der Waals surface area contributed by atoms with E-state index in [1.54, 1.807) is 13.8 Å². The van der Waals surface area contributed by atoms with Crippen LogP contribution in [-0.4, -0.2) is 65.2 Å². The molecule has 1 aliphatic carbocycles. The van der Waals surface area contributed by atoms with Crippen LogP contribution in [0.3, 0.4) is 0 Å². The van der Waals surface area contributed by atoms with Gasteiger partial charge in [-0.05, 0) is 26.3 Å². The highest BCUT2D eigenvalue weighted by atomic mass is 35.5. The van der Waals surface area contributed by atoms with E-state index in [9.17, 15) is 35.4 Å². The summed E-state index contributed by atoms with van der Waals surface area (Å²) < 4.78 is 5.95. The number of hydrogen-bond acceptors (Lipinski definition) is 7. The summed E-state index contributed by atoms with van der Waals surface area (Å²) in [6.45, 7) is 5.10. The summed E-state index contributed by atoms with van der Waals surface area (Å²) in [4.78, 5) is 11.8. The van der Waals surface area contributed by atoms with Gasteiger partial charge in [-0.15, -0.1) is 23.2 Å². The number of aromatic hydroxyl groups is 2. The third-order valence-corrected chi connectivity index (χ3v) is 7.46.